The minimum Gasteiger partial charge on any atom is -0.306 e. The van der Waals surface area contributed by atoms with E-state index in [1.54, 1.807) is 0 Å². The molecule has 3 nitrogen and oxygen atoms in total. The highest BCUT2D eigenvalue weighted by molar-refractivity contribution is 5.03. The maximum absolute atomic E-state index is 9.13. The van der Waals surface area contributed by atoms with Crippen LogP contribution in [0.5, 0.6) is 0 Å². The Morgan fingerprint density at radius 1 is 1.25 bits per heavy atom. The summed E-state index contributed by atoms with van der Waals surface area (Å²) < 4.78 is 0. The minimum absolute atomic E-state index is 0.315. The fraction of sp³-hybridized carbons (Fsp3) is 0.923. The first-order valence-electron chi connectivity index (χ1n) is 6.07. The van der Waals surface area contributed by atoms with Crippen molar-refractivity contribution in [2.45, 2.75) is 46.6 Å². The van der Waals surface area contributed by atoms with Gasteiger partial charge in [0.2, 0.25) is 0 Å². The summed E-state index contributed by atoms with van der Waals surface area (Å²) in [5.74, 6) is 0. The van der Waals surface area contributed by atoms with Crippen molar-refractivity contribution < 1.29 is 0 Å². The largest absolute Gasteiger partial charge is 0.306 e. The van der Waals surface area contributed by atoms with Gasteiger partial charge >= 0.3 is 0 Å². The van der Waals surface area contributed by atoms with Gasteiger partial charge in [0.05, 0.1) is 6.07 Å². The van der Waals surface area contributed by atoms with Crippen molar-refractivity contribution in [2.24, 2.45) is 5.41 Å². The number of nitriles is 1. The molecule has 0 aliphatic rings. The highest BCUT2D eigenvalue weighted by atomic mass is 15.1. The first kappa shape index (κ1) is 15.4. The second kappa shape index (κ2) is 6.22. The summed E-state index contributed by atoms with van der Waals surface area (Å²) in [4.78, 5) is 2.30. The maximum atomic E-state index is 9.13. The summed E-state index contributed by atoms with van der Waals surface area (Å²) in [6, 6.07) is 2.36. The number of rotatable bonds is 6. The third-order valence-corrected chi connectivity index (χ3v) is 2.55. The molecule has 0 bridgehead atoms. The second-order valence-electron chi connectivity index (χ2n) is 6.02. The molecule has 0 aliphatic heterocycles. The van der Waals surface area contributed by atoms with Crippen LogP contribution in [0, 0.1) is 16.7 Å². The Balaban J connectivity index is 4.08. The third-order valence-electron chi connectivity index (χ3n) is 2.55. The molecule has 16 heavy (non-hydrogen) atoms. The Bertz CT molecular complexity index is 237. The predicted octanol–water partition coefficient (Wildman–Crippen LogP) is 2.25. The van der Waals surface area contributed by atoms with Gasteiger partial charge in [0.25, 0.3) is 0 Å². The van der Waals surface area contributed by atoms with E-state index in [0.29, 0.717) is 5.41 Å². The molecule has 0 saturated carbocycles. The van der Waals surface area contributed by atoms with Gasteiger partial charge in [0.15, 0.2) is 0 Å². The Kier molecular flexibility index (Phi) is 5.99. The van der Waals surface area contributed by atoms with Crippen molar-refractivity contribution in [3.63, 3.8) is 0 Å². The number of nitrogens with zero attached hydrogens (tertiary/aromatic N) is 2. The summed E-state index contributed by atoms with van der Waals surface area (Å²) in [6.07, 6.45) is 0.865. The van der Waals surface area contributed by atoms with Crippen LogP contribution in [0.4, 0.5) is 0 Å². The SMILES string of the molecule is CCNC(C)(C#N)CCN(C)CC(C)(C)C. The van der Waals surface area contributed by atoms with Gasteiger partial charge in [0.1, 0.15) is 5.54 Å². The number of hydrogen-bond donors (Lipinski definition) is 1. The van der Waals surface area contributed by atoms with Gasteiger partial charge in [-0.05, 0) is 32.4 Å². The lowest BCUT2D eigenvalue weighted by molar-refractivity contribution is 0.211. The predicted molar refractivity (Wildman–Crippen MR) is 69.3 cm³/mol. The van der Waals surface area contributed by atoms with Crippen molar-refractivity contribution >= 4 is 0 Å². The second-order valence-corrected chi connectivity index (χ2v) is 6.02. The van der Waals surface area contributed by atoms with E-state index in [4.69, 9.17) is 5.26 Å². The van der Waals surface area contributed by atoms with E-state index >= 15 is 0 Å². The van der Waals surface area contributed by atoms with Crippen LogP contribution in [-0.2, 0) is 0 Å². The van der Waals surface area contributed by atoms with E-state index in [1.165, 1.54) is 0 Å². The van der Waals surface area contributed by atoms with Crippen molar-refractivity contribution in [3.8, 4) is 6.07 Å². The normalized spacial score (nSPS) is 15.9. The molecular weight excluding hydrogens is 198 g/mol. The summed E-state index contributed by atoms with van der Waals surface area (Å²) in [5.41, 5.74) is -0.0725. The lowest BCUT2D eigenvalue weighted by Gasteiger charge is -2.29. The fourth-order valence-electron chi connectivity index (χ4n) is 1.88. The van der Waals surface area contributed by atoms with Gasteiger partial charge in [-0.1, -0.05) is 27.7 Å². The summed E-state index contributed by atoms with van der Waals surface area (Å²) in [6.45, 7) is 13.6. The highest BCUT2D eigenvalue weighted by Gasteiger charge is 2.23. The van der Waals surface area contributed by atoms with Crippen LogP contribution in [0.3, 0.4) is 0 Å². The molecule has 0 heterocycles. The summed E-state index contributed by atoms with van der Waals surface area (Å²) in [5, 5.41) is 12.4. The molecule has 0 aromatic carbocycles. The molecule has 94 valence electrons. The molecule has 0 spiro atoms. The molecule has 3 heteroatoms. The molecular formula is C13H27N3. The Morgan fingerprint density at radius 2 is 1.81 bits per heavy atom. The Labute approximate surface area is 101 Å². The summed E-state index contributed by atoms with van der Waals surface area (Å²) >= 11 is 0. The van der Waals surface area contributed by atoms with Crippen molar-refractivity contribution in [1.82, 2.24) is 10.2 Å². The average molecular weight is 225 g/mol. The van der Waals surface area contributed by atoms with Gasteiger partial charge in [-0.15, -0.1) is 0 Å². The van der Waals surface area contributed by atoms with Crippen molar-refractivity contribution in [1.29, 1.82) is 5.26 Å². The molecule has 0 aromatic rings. The molecule has 1 unspecified atom stereocenters. The van der Waals surface area contributed by atoms with Gasteiger partial charge in [-0.3, -0.25) is 5.32 Å². The van der Waals surface area contributed by atoms with E-state index in [2.05, 4.69) is 44.1 Å². The number of nitrogens with one attached hydrogen (secondary N) is 1. The van der Waals surface area contributed by atoms with E-state index < -0.39 is 0 Å². The minimum atomic E-state index is -0.388. The zero-order valence-corrected chi connectivity index (χ0v) is 11.7. The molecule has 0 fully saturated rings. The molecule has 0 saturated heterocycles. The van der Waals surface area contributed by atoms with Crippen molar-refractivity contribution in [2.75, 3.05) is 26.7 Å². The van der Waals surface area contributed by atoms with E-state index in [1.807, 2.05) is 13.8 Å². The lowest BCUT2D eigenvalue weighted by atomic mass is 9.95. The van der Waals surface area contributed by atoms with E-state index in [9.17, 15) is 0 Å². The third kappa shape index (κ3) is 6.81. The molecule has 1 N–H and O–H groups in total. The molecule has 0 amide bonds. The quantitative estimate of drug-likeness (QED) is 0.753. The van der Waals surface area contributed by atoms with Crippen LogP contribution in [0.15, 0.2) is 0 Å². The Hall–Kier alpha value is -0.590. The molecule has 0 aromatic heterocycles. The van der Waals surface area contributed by atoms with Crippen LogP contribution in [0.25, 0.3) is 0 Å². The number of hydrogen-bond acceptors (Lipinski definition) is 3. The van der Waals surface area contributed by atoms with Gasteiger partial charge in [-0.2, -0.15) is 5.26 Å². The molecule has 0 radical (unpaired) electrons. The van der Waals surface area contributed by atoms with Crippen LogP contribution >= 0.6 is 0 Å². The standard InChI is InChI=1S/C13H27N3/c1-7-15-13(5,10-14)8-9-16(6)11-12(2,3)4/h15H,7-9,11H2,1-6H3. The summed E-state index contributed by atoms with van der Waals surface area (Å²) in [7, 11) is 2.12. The van der Waals surface area contributed by atoms with Crippen LogP contribution in [0.2, 0.25) is 0 Å². The van der Waals surface area contributed by atoms with Crippen LogP contribution in [0.1, 0.15) is 41.0 Å². The van der Waals surface area contributed by atoms with E-state index in [-0.39, 0.29) is 5.54 Å². The fourth-order valence-corrected chi connectivity index (χ4v) is 1.88. The van der Waals surface area contributed by atoms with Crippen LogP contribution in [-0.4, -0.2) is 37.1 Å². The highest BCUT2D eigenvalue weighted by Crippen LogP contribution is 2.15. The molecule has 0 aliphatic carbocycles. The first-order chi connectivity index (χ1) is 7.22. The molecule has 1 atom stereocenters. The lowest BCUT2D eigenvalue weighted by Crippen LogP contribution is -2.44. The van der Waals surface area contributed by atoms with Crippen LogP contribution < -0.4 is 5.32 Å². The smallest absolute Gasteiger partial charge is 0.105 e. The van der Waals surface area contributed by atoms with Gasteiger partial charge < -0.3 is 4.90 Å². The van der Waals surface area contributed by atoms with Gasteiger partial charge in [0, 0.05) is 13.1 Å². The first-order valence-corrected chi connectivity index (χ1v) is 6.07. The van der Waals surface area contributed by atoms with E-state index in [0.717, 1.165) is 26.1 Å². The zero-order chi connectivity index (χ0) is 12.8. The zero-order valence-electron chi connectivity index (χ0n) is 11.7. The monoisotopic (exact) mass is 225 g/mol. The maximum Gasteiger partial charge on any atom is 0.105 e. The topological polar surface area (TPSA) is 39.1 Å². The van der Waals surface area contributed by atoms with Gasteiger partial charge in [-0.25, -0.2) is 0 Å². The molecule has 0 rings (SSSR count). The average Bonchev–Trinajstić information content (AvgIpc) is 2.13. The van der Waals surface area contributed by atoms with Crippen molar-refractivity contribution in [3.05, 3.63) is 0 Å². The Morgan fingerprint density at radius 3 is 2.19 bits per heavy atom.